The Morgan fingerprint density at radius 2 is 1.96 bits per heavy atom. The fraction of sp³-hybridized carbons (Fsp3) is 0.500. The Morgan fingerprint density at radius 3 is 2.76 bits per heavy atom. The van der Waals surface area contributed by atoms with Crippen LogP contribution in [-0.4, -0.2) is 34.1 Å². The fourth-order valence-electron chi connectivity index (χ4n) is 3.48. The van der Waals surface area contributed by atoms with Crippen LogP contribution in [0.5, 0.6) is 0 Å². The van der Waals surface area contributed by atoms with Gasteiger partial charge in [0.2, 0.25) is 0 Å². The van der Waals surface area contributed by atoms with Crippen molar-refractivity contribution < 1.29 is 4.79 Å². The maximum Gasteiger partial charge on any atom is 0.272 e. The molecule has 0 saturated heterocycles. The first-order valence-corrected chi connectivity index (χ1v) is 9.35. The summed E-state index contributed by atoms with van der Waals surface area (Å²) in [7, 11) is 0. The number of aromatic amines is 1. The van der Waals surface area contributed by atoms with Crippen molar-refractivity contribution in [2.45, 2.75) is 52.6 Å². The van der Waals surface area contributed by atoms with Crippen molar-refractivity contribution in [2.24, 2.45) is 0 Å². The van der Waals surface area contributed by atoms with Crippen LogP contribution in [0.3, 0.4) is 0 Å². The van der Waals surface area contributed by atoms with E-state index in [0.29, 0.717) is 12.2 Å². The lowest BCUT2D eigenvalue weighted by Crippen LogP contribution is -2.25. The molecule has 0 unspecified atom stereocenters. The molecule has 25 heavy (non-hydrogen) atoms. The molecule has 1 aliphatic rings. The summed E-state index contributed by atoms with van der Waals surface area (Å²) in [6.45, 7) is 7.92. The molecular formula is C20H28N4O. The van der Waals surface area contributed by atoms with E-state index in [4.69, 9.17) is 0 Å². The number of aryl methyl sites for hydroxylation is 1. The number of H-pyrrole nitrogens is 1. The second-order valence-electron chi connectivity index (χ2n) is 6.70. The average molecular weight is 340 g/mol. The van der Waals surface area contributed by atoms with Gasteiger partial charge >= 0.3 is 0 Å². The van der Waals surface area contributed by atoms with Crippen LogP contribution in [0, 0.1) is 0 Å². The van der Waals surface area contributed by atoms with Gasteiger partial charge in [0.15, 0.2) is 5.69 Å². The molecule has 0 aliphatic heterocycles. The molecule has 134 valence electrons. The lowest BCUT2D eigenvalue weighted by Gasteiger charge is -2.18. The van der Waals surface area contributed by atoms with Gasteiger partial charge in [0.1, 0.15) is 0 Å². The standard InChI is InChI=1S/C20H28N4O/c1-3-24(4-2)14-16-9-7-8-15(12-16)13-21-20(25)19-17-10-5-6-11-18(17)22-23-19/h7-9,12H,3-6,10-11,13-14H2,1-2H3,(H,21,25)(H,22,23). The summed E-state index contributed by atoms with van der Waals surface area (Å²) < 4.78 is 0. The molecule has 0 radical (unpaired) electrons. The maximum atomic E-state index is 12.5. The van der Waals surface area contributed by atoms with Gasteiger partial charge in [-0.3, -0.25) is 14.8 Å². The molecule has 1 amide bonds. The van der Waals surface area contributed by atoms with E-state index < -0.39 is 0 Å². The maximum absolute atomic E-state index is 12.5. The Morgan fingerprint density at radius 1 is 1.20 bits per heavy atom. The summed E-state index contributed by atoms with van der Waals surface area (Å²) >= 11 is 0. The van der Waals surface area contributed by atoms with Crippen molar-refractivity contribution in [3.8, 4) is 0 Å². The SMILES string of the molecule is CCN(CC)Cc1cccc(CNC(=O)c2n[nH]c3c2CCCC3)c1. The van der Waals surface area contributed by atoms with Gasteiger partial charge in [0, 0.05) is 24.3 Å². The van der Waals surface area contributed by atoms with E-state index in [0.717, 1.165) is 55.7 Å². The minimum Gasteiger partial charge on any atom is -0.347 e. The normalized spacial score (nSPS) is 13.7. The van der Waals surface area contributed by atoms with Gasteiger partial charge in [-0.05, 0) is 49.9 Å². The van der Waals surface area contributed by atoms with Crippen LogP contribution in [0.1, 0.15) is 59.6 Å². The van der Waals surface area contributed by atoms with Crippen molar-refractivity contribution in [3.63, 3.8) is 0 Å². The third kappa shape index (κ3) is 4.28. The largest absolute Gasteiger partial charge is 0.347 e. The average Bonchev–Trinajstić information content (AvgIpc) is 3.09. The van der Waals surface area contributed by atoms with Crippen LogP contribution in [0.4, 0.5) is 0 Å². The van der Waals surface area contributed by atoms with E-state index >= 15 is 0 Å². The first-order valence-electron chi connectivity index (χ1n) is 9.35. The first-order chi connectivity index (χ1) is 12.2. The number of amides is 1. The van der Waals surface area contributed by atoms with Gasteiger partial charge < -0.3 is 5.32 Å². The fourth-order valence-corrected chi connectivity index (χ4v) is 3.48. The molecule has 5 heteroatoms. The predicted octanol–water partition coefficient (Wildman–Crippen LogP) is 3.06. The third-order valence-electron chi connectivity index (χ3n) is 5.02. The van der Waals surface area contributed by atoms with E-state index in [1.54, 1.807) is 0 Å². The molecule has 1 aromatic carbocycles. The number of aromatic nitrogens is 2. The van der Waals surface area contributed by atoms with Gasteiger partial charge in [0.05, 0.1) is 0 Å². The van der Waals surface area contributed by atoms with Crippen molar-refractivity contribution in [3.05, 3.63) is 52.3 Å². The Balaban J connectivity index is 1.61. The molecule has 0 spiro atoms. The van der Waals surface area contributed by atoms with E-state index in [1.165, 1.54) is 12.0 Å². The van der Waals surface area contributed by atoms with E-state index in [-0.39, 0.29) is 5.91 Å². The number of rotatable bonds is 7. The van der Waals surface area contributed by atoms with Gasteiger partial charge in [-0.25, -0.2) is 0 Å². The second kappa shape index (κ2) is 8.30. The summed E-state index contributed by atoms with van der Waals surface area (Å²) in [6, 6.07) is 8.45. The molecular weight excluding hydrogens is 312 g/mol. The van der Waals surface area contributed by atoms with Gasteiger partial charge in [-0.1, -0.05) is 38.1 Å². The third-order valence-corrected chi connectivity index (χ3v) is 5.02. The smallest absolute Gasteiger partial charge is 0.272 e. The molecule has 2 aromatic rings. The number of nitrogens with one attached hydrogen (secondary N) is 2. The highest BCUT2D eigenvalue weighted by Crippen LogP contribution is 2.22. The van der Waals surface area contributed by atoms with Crippen LogP contribution in [0.2, 0.25) is 0 Å². The highest BCUT2D eigenvalue weighted by Gasteiger charge is 2.21. The summed E-state index contributed by atoms with van der Waals surface area (Å²) in [4.78, 5) is 14.9. The molecule has 2 N–H and O–H groups in total. The summed E-state index contributed by atoms with van der Waals surface area (Å²) in [5.74, 6) is -0.0754. The Kier molecular flexibility index (Phi) is 5.87. The van der Waals surface area contributed by atoms with Gasteiger partial charge in [0.25, 0.3) is 5.91 Å². The molecule has 0 bridgehead atoms. The minimum absolute atomic E-state index is 0.0754. The number of benzene rings is 1. The zero-order valence-electron chi connectivity index (χ0n) is 15.3. The Hall–Kier alpha value is -2.14. The zero-order valence-corrected chi connectivity index (χ0v) is 15.3. The van der Waals surface area contributed by atoms with Gasteiger partial charge in [-0.15, -0.1) is 0 Å². The highest BCUT2D eigenvalue weighted by molar-refractivity contribution is 5.94. The van der Waals surface area contributed by atoms with Crippen LogP contribution in [0.25, 0.3) is 0 Å². The Bertz CT molecular complexity index is 718. The first kappa shape index (κ1) is 17.7. The van der Waals surface area contributed by atoms with Crippen molar-refractivity contribution >= 4 is 5.91 Å². The molecule has 0 fully saturated rings. The van der Waals surface area contributed by atoms with E-state index in [9.17, 15) is 4.79 Å². The molecule has 5 nitrogen and oxygen atoms in total. The van der Waals surface area contributed by atoms with Crippen LogP contribution in [-0.2, 0) is 25.9 Å². The summed E-state index contributed by atoms with van der Waals surface area (Å²) in [5.41, 5.74) is 5.24. The number of hydrogen-bond donors (Lipinski definition) is 2. The number of carbonyl (C=O) groups excluding carboxylic acids is 1. The van der Waals surface area contributed by atoms with Crippen molar-refractivity contribution in [1.82, 2.24) is 20.4 Å². The number of hydrogen-bond acceptors (Lipinski definition) is 3. The number of carbonyl (C=O) groups is 1. The monoisotopic (exact) mass is 340 g/mol. The van der Waals surface area contributed by atoms with Crippen molar-refractivity contribution in [1.29, 1.82) is 0 Å². The number of nitrogens with zero attached hydrogens (tertiary/aromatic N) is 2. The summed E-state index contributed by atoms with van der Waals surface area (Å²) in [5, 5.41) is 10.3. The van der Waals surface area contributed by atoms with E-state index in [2.05, 4.69) is 58.5 Å². The van der Waals surface area contributed by atoms with Crippen LogP contribution >= 0.6 is 0 Å². The van der Waals surface area contributed by atoms with Crippen molar-refractivity contribution in [2.75, 3.05) is 13.1 Å². The zero-order chi connectivity index (χ0) is 17.6. The van der Waals surface area contributed by atoms with Crippen LogP contribution < -0.4 is 5.32 Å². The molecule has 1 aromatic heterocycles. The van der Waals surface area contributed by atoms with Gasteiger partial charge in [-0.2, -0.15) is 5.10 Å². The topological polar surface area (TPSA) is 61.0 Å². The minimum atomic E-state index is -0.0754. The molecule has 1 aliphatic carbocycles. The molecule has 0 saturated carbocycles. The lowest BCUT2D eigenvalue weighted by molar-refractivity contribution is 0.0945. The second-order valence-corrected chi connectivity index (χ2v) is 6.70. The molecule has 1 heterocycles. The molecule has 3 rings (SSSR count). The summed E-state index contributed by atoms with van der Waals surface area (Å²) in [6.07, 6.45) is 4.27. The predicted molar refractivity (Wildman–Crippen MR) is 99.5 cm³/mol. The highest BCUT2D eigenvalue weighted by atomic mass is 16.1. The lowest BCUT2D eigenvalue weighted by atomic mass is 9.96. The number of fused-ring (bicyclic) bond motifs is 1. The quantitative estimate of drug-likeness (QED) is 0.814. The molecule has 0 atom stereocenters. The Labute approximate surface area is 149 Å². The van der Waals surface area contributed by atoms with Crippen LogP contribution in [0.15, 0.2) is 24.3 Å². The van der Waals surface area contributed by atoms with E-state index in [1.807, 2.05) is 0 Å².